The molecule has 2 rings (SSSR count). The highest BCUT2D eigenvalue weighted by Crippen LogP contribution is 2.28. The fourth-order valence-electron chi connectivity index (χ4n) is 3.02. The van der Waals surface area contributed by atoms with E-state index >= 15 is 0 Å². The predicted molar refractivity (Wildman–Crippen MR) is 88.5 cm³/mol. The number of methoxy groups -OCH3 is 1. The maximum atomic E-state index is 9.71. The lowest BCUT2D eigenvalue weighted by molar-refractivity contribution is 0.101. The average molecular weight is 307 g/mol. The molecule has 4 heteroatoms. The molecule has 1 aliphatic rings. The van der Waals surface area contributed by atoms with Gasteiger partial charge in [-0.2, -0.15) is 0 Å². The first-order valence-electron chi connectivity index (χ1n) is 8.41. The standard InChI is InChI=1S/C18H29NO3/c1-3-9-22-18-11-15(7-8-17(18)21-2)13-19-12-14-5-4-6-16(20)10-14/h7-8,11,14,16,19-20H,3-6,9-10,12-13H2,1-2H3. The first-order chi connectivity index (χ1) is 10.7. The Morgan fingerprint density at radius 1 is 1.27 bits per heavy atom. The van der Waals surface area contributed by atoms with Crippen LogP contribution in [0.5, 0.6) is 11.5 Å². The van der Waals surface area contributed by atoms with E-state index in [4.69, 9.17) is 9.47 Å². The van der Waals surface area contributed by atoms with Gasteiger partial charge in [-0.15, -0.1) is 0 Å². The van der Waals surface area contributed by atoms with Crippen LogP contribution in [0, 0.1) is 5.92 Å². The molecule has 1 fully saturated rings. The van der Waals surface area contributed by atoms with E-state index in [1.165, 1.54) is 12.0 Å². The number of benzene rings is 1. The fraction of sp³-hybridized carbons (Fsp3) is 0.667. The summed E-state index contributed by atoms with van der Waals surface area (Å²) in [6.07, 6.45) is 5.14. The van der Waals surface area contributed by atoms with Gasteiger partial charge in [-0.3, -0.25) is 0 Å². The summed E-state index contributed by atoms with van der Waals surface area (Å²) in [6, 6.07) is 6.09. The summed E-state index contributed by atoms with van der Waals surface area (Å²) >= 11 is 0. The van der Waals surface area contributed by atoms with Gasteiger partial charge in [-0.1, -0.05) is 19.4 Å². The van der Waals surface area contributed by atoms with Crippen LogP contribution >= 0.6 is 0 Å². The largest absolute Gasteiger partial charge is 0.493 e. The molecule has 0 radical (unpaired) electrons. The molecule has 4 nitrogen and oxygen atoms in total. The van der Waals surface area contributed by atoms with E-state index in [0.29, 0.717) is 12.5 Å². The van der Waals surface area contributed by atoms with Crippen molar-refractivity contribution in [1.29, 1.82) is 0 Å². The average Bonchev–Trinajstić information content (AvgIpc) is 2.53. The third-order valence-corrected chi connectivity index (χ3v) is 4.21. The highest BCUT2D eigenvalue weighted by molar-refractivity contribution is 5.42. The molecule has 0 aromatic heterocycles. The first kappa shape index (κ1) is 17.1. The minimum Gasteiger partial charge on any atom is -0.493 e. The molecule has 2 unspecified atom stereocenters. The van der Waals surface area contributed by atoms with Crippen LogP contribution in [0.2, 0.25) is 0 Å². The number of rotatable bonds is 8. The molecule has 0 aliphatic heterocycles. The van der Waals surface area contributed by atoms with E-state index in [1.54, 1.807) is 7.11 Å². The zero-order valence-corrected chi connectivity index (χ0v) is 13.8. The summed E-state index contributed by atoms with van der Waals surface area (Å²) in [5.74, 6) is 2.20. The number of aliphatic hydroxyl groups excluding tert-OH is 1. The lowest BCUT2D eigenvalue weighted by Crippen LogP contribution is -2.28. The Bertz CT molecular complexity index is 450. The van der Waals surface area contributed by atoms with Crippen molar-refractivity contribution in [2.75, 3.05) is 20.3 Å². The molecule has 0 spiro atoms. The number of hydrogen-bond acceptors (Lipinski definition) is 4. The molecule has 2 N–H and O–H groups in total. The summed E-state index contributed by atoms with van der Waals surface area (Å²) < 4.78 is 11.1. The third kappa shape index (κ3) is 5.18. The zero-order valence-electron chi connectivity index (χ0n) is 13.8. The van der Waals surface area contributed by atoms with Crippen LogP contribution in [-0.2, 0) is 6.54 Å². The monoisotopic (exact) mass is 307 g/mol. The normalized spacial score (nSPS) is 21.6. The highest BCUT2D eigenvalue weighted by Gasteiger charge is 2.19. The van der Waals surface area contributed by atoms with E-state index < -0.39 is 0 Å². The Morgan fingerprint density at radius 2 is 2.14 bits per heavy atom. The lowest BCUT2D eigenvalue weighted by Gasteiger charge is -2.26. The highest BCUT2D eigenvalue weighted by atomic mass is 16.5. The van der Waals surface area contributed by atoms with Gasteiger partial charge >= 0.3 is 0 Å². The second-order valence-corrected chi connectivity index (χ2v) is 6.15. The molecule has 1 aliphatic carbocycles. The molecule has 1 aromatic rings. The molecular formula is C18H29NO3. The van der Waals surface area contributed by atoms with Crippen molar-refractivity contribution in [3.63, 3.8) is 0 Å². The Kier molecular flexibility index (Phi) is 7.00. The van der Waals surface area contributed by atoms with Crippen molar-refractivity contribution in [2.45, 2.75) is 51.7 Å². The maximum absolute atomic E-state index is 9.71. The van der Waals surface area contributed by atoms with E-state index in [1.807, 2.05) is 6.07 Å². The van der Waals surface area contributed by atoms with Crippen molar-refractivity contribution in [1.82, 2.24) is 5.32 Å². The van der Waals surface area contributed by atoms with Crippen molar-refractivity contribution in [2.24, 2.45) is 5.92 Å². The summed E-state index contributed by atoms with van der Waals surface area (Å²) in [5.41, 5.74) is 1.20. The van der Waals surface area contributed by atoms with Gasteiger partial charge in [0.15, 0.2) is 11.5 Å². The van der Waals surface area contributed by atoms with Gasteiger partial charge in [-0.05, 0) is 55.8 Å². The number of nitrogens with one attached hydrogen (secondary N) is 1. The van der Waals surface area contributed by atoms with E-state index in [9.17, 15) is 5.11 Å². The van der Waals surface area contributed by atoms with Gasteiger partial charge in [0.1, 0.15) is 0 Å². The van der Waals surface area contributed by atoms with Crippen LogP contribution in [0.1, 0.15) is 44.6 Å². The van der Waals surface area contributed by atoms with Gasteiger partial charge in [0.2, 0.25) is 0 Å². The van der Waals surface area contributed by atoms with E-state index in [-0.39, 0.29) is 6.10 Å². The molecule has 22 heavy (non-hydrogen) atoms. The number of hydrogen-bond donors (Lipinski definition) is 2. The zero-order chi connectivity index (χ0) is 15.8. The second kappa shape index (κ2) is 9.01. The second-order valence-electron chi connectivity index (χ2n) is 6.15. The minimum absolute atomic E-state index is 0.101. The quantitative estimate of drug-likeness (QED) is 0.775. The van der Waals surface area contributed by atoms with Crippen molar-refractivity contribution >= 4 is 0 Å². The maximum Gasteiger partial charge on any atom is 0.161 e. The summed E-state index contributed by atoms with van der Waals surface area (Å²) in [4.78, 5) is 0. The minimum atomic E-state index is -0.101. The van der Waals surface area contributed by atoms with Gasteiger partial charge in [0, 0.05) is 6.54 Å². The third-order valence-electron chi connectivity index (χ3n) is 4.21. The Morgan fingerprint density at radius 3 is 2.86 bits per heavy atom. The molecule has 0 heterocycles. The van der Waals surface area contributed by atoms with E-state index in [0.717, 1.165) is 50.3 Å². The number of aliphatic hydroxyl groups is 1. The van der Waals surface area contributed by atoms with Gasteiger partial charge in [0.05, 0.1) is 19.8 Å². The van der Waals surface area contributed by atoms with Crippen LogP contribution in [0.4, 0.5) is 0 Å². The molecule has 1 aromatic carbocycles. The molecule has 124 valence electrons. The molecule has 1 saturated carbocycles. The molecule has 0 saturated heterocycles. The topological polar surface area (TPSA) is 50.7 Å². The Balaban J connectivity index is 1.84. The van der Waals surface area contributed by atoms with Crippen molar-refractivity contribution < 1.29 is 14.6 Å². The van der Waals surface area contributed by atoms with E-state index in [2.05, 4.69) is 24.4 Å². The Labute approximate surface area is 133 Å². The molecule has 0 bridgehead atoms. The lowest BCUT2D eigenvalue weighted by atomic mass is 9.87. The van der Waals surface area contributed by atoms with Crippen LogP contribution in [0.25, 0.3) is 0 Å². The van der Waals surface area contributed by atoms with Crippen LogP contribution in [0.3, 0.4) is 0 Å². The first-order valence-corrected chi connectivity index (χ1v) is 8.41. The van der Waals surface area contributed by atoms with Crippen LogP contribution in [-0.4, -0.2) is 31.5 Å². The predicted octanol–water partition coefficient (Wildman–Crippen LogP) is 3.12. The SMILES string of the molecule is CCCOc1cc(CNCC2CCCC(O)C2)ccc1OC. The van der Waals surface area contributed by atoms with Crippen molar-refractivity contribution in [3.8, 4) is 11.5 Å². The smallest absolute Gasteiger partial charge is 0.161 e. The molecule has 0 amide bonds. The summed E-state index contributed by atoms with van der Waals surface area (Å²) in [7, 11) is 1.67. The van der Waals surface area contributed by atoms with Crippen molar-refractivity contribution in [3.05, 3.63) is 23.8 Å². The van der Waals surface area contributed by atoms with Gasteiger partial charge < -0.3 is 19.9 Å². The fourth-order valence-corrected chi connectivity index (χ4v) is 3.02. The van der Waals surface area contributed by atoms with Gasteiger partial charge in [0.25, 0.3) is 0 Å². The summed E-state index contributed by atoms with van der Waals surface area (Å²) in [5, 5.41) is 13.2. The number of ether oxygens (including phenoxy) is 2. The van der Waals surface area contributed by atoms with Gasteiger partial charge in [-0.25, -0.2) is 0 Å². The summed E-state index contributed by atoms with van der Waals surface area (Å²) in [6.45, 7) is 4.58. The molecular weight excluding hydrogens is 278 g/mol. The van der Waals surface area contributed by atoms with Crippen LogP contribution in [0.15, 0.2) is 18.2 Å². The Hall–Kier alpha value is -1.26. The molecule has 2 atom stereocenters. The van der Waals surface area contributed by atoms with Crippen LogP contribution < -0.4 is 14.8 Å².